The summed E-state index contributed by atoms with van der Waals surface area (Å²) in [5.41, 5.74) is 0.331. The molecule has 0 bridgehead atoms. The molecule has 0 aliphatic carbocycles. The van der Waals surface area contributed by atoms with E-state index < -0.39 is 10.0 Å². The maximum Gasteiger partial charge on any atom is 0.262 e. The normalized spacial score (nSPS) is 13.8. The van der Waals surface area contributed by atoms with E-state index in [0.717, 1.165) is 25.9 Å². The predicted molar refractivity (Wildman–Crippen MR) is 122 cm³/mol. The van der Waals surface area contributed by atoms with Gasteiger partial charge in [-0.15, -0.1) is 0 Å². The van der Waals surface area contributed by atoms with Gasteiger partial charge in [-0.05, 0) is 49.2 Å². The van der Waals surface area contributed by atoms with Gasteiger partial charge in [0.25, 0.3) is 10.0 Å². The van der Waals surface area contributed by atoms with Crippen molar-refractivity contribution in [3.05, 3.63) is 60.8 Å². The zero-order valence-corrected chi connectivity index (χ0v) is 18.3. The highest BCUT2D eigenvalue weighted by Gasteiger charge is 2.21. The molecule has 0 unspecified atom stereocenters. The first-order chi connectivity index (χ1) is 14.9. The lowest BCUT2D eigenvalue weighted by atomic mass is 10.3. The van der Waals surface area contributed by atoms with Crippen molar-refractivity contribution in [3.63, 3.8) is 0 Å². The lowest BCUT2D eigenvalue weighted by molar-refractivity contribution is 0.482. The molecule has 1 N–H and O–H groups in total. The largest absolute Gasteiger partial charge is 0.457 e. The van der Waals surface area contributed by atoms with Crippen molar-refractivity contribution >= 4 is 27.5 Å². The molecule has 2 aromatic carbocycles. The second-order valence-electron chi connectivity index (χ2n) is 7.49. The number of nitrogens with one attached hydrogen (secondary N) is 1. The first kappa shape index (κ1) is 20.9. The number of nitrogens with zero attached hydrogens (tertiary/aromatic N) is 4. The molecular weight excluding hydrogens is 414 g/mol. The van der Waals surface area contributed by atoms with Crippen molar-refractivity contribution in [3.8, 4) is 11.5 Å². The van der Waals surface area contributed by atoms with Gasteiger partial charge in [-0.25, -0.2) is 13.4 Å². The molecule has 0 amide bonds. The van der Waals surface area contributed by atoms with Crippen LogP contribution in [0, 0.1) is 0 Å². The number of rotatable bonds is 7. The summed E-state index contributed by atoms with van der Waals surface area (Å²) in [7, 11) is -0.171. The molecule has 1 aliphatic heterocycles. The molecule has 2 heterocycles. The number of hydrogen-bond donors (Lipinski definition) is 1. The Morgan fingerprint density at radius 1 is 0.968 bits per heavy atom. The Balaban J connectivity index is 1.54. The van der Waals surface area contributed by atoms with E-state index in [1.54, 1.807) is 17.0 Å². The van der Waals surface area contributed by atoms with Crippen LogP contribution in [0.3, 0.4) is 0 Å². The van der Waals surface area contributed by atoms with Crippen molar-refractivity contribution < 1.29 is 13.2 Å². The Morgan fingerprint density at radius 2 is 1.61 bits per heavy atom. The minimum Gasteiger partial charge on any atom is -0.457 e. The fourth-order valence-electron chi connectivity index (χ4n) is 3.36. The van der Waals surface area contributed by atoms with Gasteiger partial charge in [0.15, 0.2) is 5.82 Å². The topological polar surface area (TPSA) is 87.7 Å². The predicted octanol–water partition coefficient (Wildman–Crippen LogP) is 3.74. The smallest absolute Gasteiger partial charge is 0.262 e. The summed E-state index contributed by atoms with van der Waals surface area (Å²) < 4.78 is 34.2. The van der Waals surface area contributed by atoms with Crippen LogP contribution in [0.15, 0.2) is 65.7 Å². The molecule has 162 valence electrons. The van der Waals surface area contributed by atoms with E-state index in [1.807, 2.05) is 44.4 Å². The van der Waals surface area contributed by atoms with Gasteiger partial charge >= 0.3 is 0 Å². The van der Waals surface area contributed by atoms with Crippen LogP contribution in [0.1, 0.15) is 12.8 Å². The maximum absolute atomic E-state index is 13.0. The van der Waals surface area contributed by atoms with E-state index in [1.165, 1.54) is 18.3 Å². The van der Waals surface area contributed by atoms with Crippen LogP contribution < -0.4 is 19.3 Å². The van der Waals surface area contributed by atoms with Crippen molar-refractivity contribution in [2.75, 3.05) is 41.7 Å². The van der Waals surface area contributed by atoms with Crippen molar-refractivity contribution in [1.29, 1.82) is 0 Å². The summed E-state index contributed by atoms with van der Waals surface area (Å²) in [6.07, 6.45) is 3.75. The summed E-state index contributed by atoms with van der Waals surface area (Å²) in [6.45, 7) is 1.82. The summed E-state index contributed by atoms with van der Waals surface area (Å²) in [5, 5.41) is 0. The summed E-state index contributed by atoms with van der Waals surface area (Å²) in [6, 6.07) is 15.6. The zero-order valence-electron chi connectivity index (χ0n) is 17.5. The third-order valence-electron chi connectivity index (χ3n) is 4.93. The van der Waals surface area contributed by atoms with Crippen LogP contribution in [0.4, 0.5) is 17.5 Å². The number of anilines is 3. The highest BCUT2D eigenvalue weighted by atomic mass is 32.2. The maximum atomic E-state index is 13.0. The van der Waals surface area contributed by atoms with Gasteiger partial charge in [0.1, 0.15) is 17.2 Å². The summed E-state index contributed by atoms with van der Waals surface area (Å²) >= 11 is 0. The number of ether oxygens (including phenoxy) is 1. The second-order valence-corrected chi connectivity index (χ2v) is 9.17. The highest BCUT2D eigenvalue weighted by molar-refractivity contribution is 7.92. The Bertz CT molecular complexity index is 1130. The van der Waals surface area contributed by atoms with Crippen LogP contribution >= 0.6 is 0 Å². The van der Waals surface area contributed by atoms with Crippen LogP contribution in [-0.4, -0.2) is 45.6 Å². The highest BCUT2D eigenvalue weighted by Crippen LogP contribution is 2.28. The molecule has 31 heavy (non-hydrogen) atoms. The average molecular weight is 440 g/mol. The zero-order chi connectivity index (χ0) is 21.8. The van der Waals surface area contributed by atoms with Crippen LogP contribution in [0.5, 0.6) is 11.5 Å². The molecule has 0 spiro atoms. The van der Waals surface area contributed by atoms with Crippen LogP contribution in [-0.2, 0) is 10.0 Å². The van der Waals surface area contributed by atoms with Gasteiger partial charge in [-0.1, -0.05) is 18.2 Å². The standard InChI is InChI=1S/C22H25N5O3S/c1-26(2)21-20(16-23-22(24-21)27-14-6-7-15-27)25-31(28,29)19-12-10-18(11-13-19)30-17-8-4-3-5-9-17/h3-5,8-13,16,25H,6-7,14-15H2,1-2H3. The minimum atomic E-state index is -3.82. The quantitative estimate of drug-likeness (QED) is 0.600. The molecule has 1 fully saturated rings. The molecule has 1 aromatic heterocycles. The SMILES string of the molecule is CN(C)c1nc(N2CCCC2)ncc1NS(=O)(=O)c1ccc(Oc2ccccc2)cc1. The first-order valence-electron chi connectivity index (χ1n) is 10.1. The molecule has 4 rings (SSSR count). The van der Waals surface area contributed by atoms with E-state index >= 15 is 0 Å². The van der Waals surface area contributed by atoms with Gasteiger partial charge in [0.2, 0.25) is 5.95 Å². The Morgan fingerprint density at radius 3 is 2.26 bits per heavy atom. The third kappa shape index (κ3) is 4.88. The van der Waals surface area contributed by atoms with Crippen LogP contribution in [0.25, 0.3) is 0 Å². The molecular formula is C22H25N5O3S. The van der Waals surface area contributed by atoms with Gasteiger partial charge in [-0.3, -0.25) is 4.72 Å². The number of sulfonamides is 1. The van der Waals surface area contributed by atoms with E-state index in [4.69, 9.17) is 4.74 Å². The molecule has 0 atom stereocenters. The molecule has 3 aromatic rings. The Kier molecular flexibility index (Phi) is 5.94. The Hall–Kier alpha value is -3.33. The van der Waals surface area contributed by atoms with Crippen molar-refractivity contribution in [2.45, 2.75) is 17.7 Å². The number of aromatic nitrogens is 2. The van der Waals surface area contributed by atoms with E-state index in [0.29, 0.717) is 29.0 Å². The summed E-state index contributed by atoms with van der Waals surface area (Å²) in [4.78, 5) is 13.0. The van der Waals surface area contributed by atoms with Crippen molar-refractivity contribution in [2.24, 2.45) is 0 Å². The van der Waals surface area contributed by atoms with E-state index in [-0.39, 0.29) is 4.90 Å². The molecule has 1 aliphatic rings. The monoisotopic (exact) mass is 439 g/mol. The first-order valence-corrected chi connectivity index (χ1v) is 11.6. The third-order valence-corrected chi connectivity index (χ3v) is 6.31. The molecule has 9 heteroatoms. The fourth-order valence-corrected chi connectivity index (χ4v) is 4.41. The van der Waals surface area contributed by atoms with Crippen LogP contribution in [0.2, 0.25) is 0 Å². The Labute approximate surface area is 182 Å². The van der Waals surface area contributed by atoms with Gasteiger partial charge in [0, 0.05) is 27.2 Å². The van der Waals surface area contributed by atoms with Gasteiger partial charge in [-0.2, -0.15) is 4.98 Å². The molecule has 8 nitrogen and oxygen atoms in total. The van der Waals surface area contributed by atoms with E-state index in [2.05, 4.69) is 19.6 Å². The van der Waals surface area contributed by atoms with Crippen molar-refractivity contribution in [1.82, 2.24) is 9.97 Å². The number of benzene rings is 2. The number of hydrogen-bond acceptors (Lipinski definition) is 7. The minimum absolute atomic E-state index is 0.126. The molecule has 0 saturated carbocycles. The second kappa shape index (κ2) is 8.81. The van der Waals surface area contributed by atoms with Gasteiger partial charge < -0.3 is 14.5 Å². The lowest BCUT2D eigenvalue weighted by Crippen LogP contribution is -2.24. The lowest BCUT2D eigenvalue weighted by Gasteiger charge is -2.21. The fraction of sp³-hybridized carbons (Fsp3) is 0.273. The molecule has 1 saturated heterocycles. The van der Waals surface area contributed by atoms with Gasteiger partial charge in [0.05, 0.1) is 11.1 Å². The average Bonchev–Trinajstić information content (AvgIpc) is 3.30. The molecule has 0 radical (unpaired) electrons. The summed E-state index contributed by atoms with van der Waals surface area (Å²) in [5.74, 6) is 2.37. The number of para-hydroxylation sites is 1. The van der Waals surface area contributed by atoms with E-state index in [9.17, 15) is 8.42 Å².